The number of hydrogen-bond donors (Lipinski definition) is 1. The summed E-state index contributed by atoms with van der Waals surface area (Å²) in [5.41, 5.74) is 0.349. The molecule has 1 fully saturated rings. The van der Waals surface area contributed by atoms with Crippen LogP contribution in [0.15, 0.2) is 30.3 Å². The van der Waals surface area contributed by atoms with Crippen LogP contribution in [0.3, 0.4) is 0 Å². The van der Waals surface area contributed by atoms with Crippen LogP contribution < -0.4 is 0 Å². The summed E-state index contributed by atoms with van der Waals surface area (Å²) >= 11 is 0. The normalized spacial score (nSPS) is 20.0. The van der Waals surface area contributed by atoms with E-state index in [0.717, 1.165) is 31.2 Å². The minimum atomic E-state index is -0.652. The van der Waals surface area contributed by atoms with Crippen LogP contribution in [0, 0.1) is 0 Å². The fraction of sp³-hybridized carbons (Fsp3) is 0.500. The standard InChI is InChI=1S/C14H18O2/c15-13(16)14(10-6-1-2-7-11-14)12-8-4-3-5-9-12/h3-5,8-9H,1-2,6-7,10-11H2,(H,15,16). The molecule has 1 aromatic carbocycles. The predicted octanol–water partition coefficient (Wildman–Crippen LogP) is 3.36. The number of carboxylic acid groups (broad SMARTS) is 1. The van der Waals surface area contributed by atoms with Gasteiger partial charge in [-0.05, 0) is 18.4 Å². The molecule has 1 saturated carbocycles. The zero-order valence-electron chi connectivity index (χ0n) is 9.48. The van der Waals surface area contributed by atoms with E-state index < -0.39 is 11.4 Å². The van der Waals surface area contributed by atoms with Crippen LogP contribution in [0.1, 0.15) is 44.1 Å². The quantitative estimate of drug-likeness (QED) is 0.773. The van der Waals surface area contributed by atoms with Crippen molar-refractivity contribution < 1.29 is 9.90 Å². The molecule has 0 amide bonds. The van der Waals surface area contributed by atoms with Gasteiger partial charge in [0.2, 0.25) is 0 Å². The van der Waals surface area contributed by atoms with Gasteiger partial charge in [-0.15, -0.1) is 0 Å². The highest BCUT2D eigenvalue weighted by molar-refractivity contribution is 5.81. The van der Waals surface area contributed by atoms with Gasteiger partial charge in [0.1, 0.15) is 0 Å². The monoisotopic (exact) mass is 218 g/mol. The van der Waals surface area contributed by atoms with Gasteiger partial charge in [0.25, 0.3) is 0 Å². The molecule has 0 atom stereocenters. The van der Waals surface area contributed by atoms with E-state index in [9.17, 15) is 9.90 Å². The maximum Gasteiger partial charge on any atom is 0.314 e. The average Bonchev–Trinajstić information content (AvgIpc) is 2.56. The number of carboxylic acids is 1. The Labute approximate surface area is 96.3 Å². The Bertz CT molecular complexity index is 348. The first-order valence-electron chi connectivity index (χ1n) is 6.05. The van der Waals surface area contributed by atoms with E-state index in [1.165, 1.54) is 12.8 Å². The number of aliphatic carboxylic acids is 1. The molecule has 0 aromatic heterocycles. The van der Waals surface area contributed by atoms with Crippen LogP contribution in [0.25, 0.3) is 0 Å². The van der Waals surface area contributed by atoms with Gasteiger partial charge < -0.3 is 5.11 Å². The second-order valence-corrected chi connectivity index (χ2v) is 4.67. The van der Waals surface area contributed by atoms with Gasteiger partial charge in [-0.2, -0.15) is 0 Å². The zero-order chi connectivity index (χ0) is 11.4. The van der Waals surface area contributed by atoms with Gasteiger partial charge >= 0.3 is 5.97 Å². The van der Waals surface area contributed by atoms with E-state index in [-0.39, 0.29) is 0 Å². The van der Waals surface area contributed by atoms with E-state index in [4.69, 9.17) is 0 Å². The Hall–Kier alpha value is -1.31. The Morgan fingerprint density at radius 1 is 1.00 bits per heavy atom. The van der Waals surface area contributed by atoms with Gasteiger partial charge in [0.05, 0.1) is 5.41 Å². The molecule has 0 saturated heterocycles. The van der Waals surface area contributed by atoms with E-state index in [2.05, 4.69) is 0 Å². The highest BCUT2D eigenvalue weighted by atomic mass is 16.4. The van der Waals surface area contributed by atoms with Crippen LogP contribution in [-0.4, -0.2) is 11.1 Å². The van der Waals surface area contributed by atoms with E-state index in [0.29, 0.717) is 0 Å². The largest absolute Gasteiger partial charge is 0.481 e. The minimum Gasteiger partial charge on any atom is -0.481 e. The Balaban J connectivity index is 2.38. The van der Waals surface area contributed by atoms with Crippen molar-refractivity contribution in [3.05, 3.63) is 35.9 Å². The number of rotatable bonds is 2. The van der Waals surface area contributed by atoms with Crippen molar-refractivity contribution in [2.45, 2.75) is 43.9 Å². The molecule has 1 N–H and O–H groups in total. The summed E-state index contributed by atoms with van der Waals surface area (Å²) < 4.78 is 0. The van der Waals surface area contributed by atoms with Crippen molar-refractivity contribution in [1.82, 2.24) is 0 Å². The summed E-state index contributed by atoms with van der Waals surface area (Å²) in [5, 5.41) is 9.57. The predicted molar refractivity (Wildman–Crippen MR) is 63.5 cm³/mol. The molecule has 0 spiro atoms. The van der Waals surface area contributed by atoms with Gasteiger partial charge in [0, 0.05) is 0 Å². The van der Waals surface area contributed by atoms with Crippen molar-refractivity contribution in [2.75, 3.05) is 0 Å². The molecule has 1 aliphatic carbocycles. The molecule has 0 unspecified atom stereocenters. The fourth-order valence-corrected chi connectivity index (χ4v) is 2.72. The van der Waals surface area contributed by atoms with E-state index in [1.807, 2.05) is 30.3 Å². The maximum absolute atomic E-state index is 11.6. The number of carbonyl (C=O) groups is 1. The third-order valence-corrected chi connectivity index (χ3v) is 3.69. The van der Waals surface area contributed by atoms with Crippen molar-refractivity contribution in [1.29, 1.82) is 0 Å². The van der Waals surface area contributed by atoms with Crippen molar-refractivity contribution in [3.8, 4) is 0 Å². The van der Waals surface area contributed by atoms with Crippen molar-refractivity contribution >= 4 is 5.97 Å². The highest BCUT2D eigenvalue weighted by Crippen LogP contribution is 2.38. The lowest BCUT2D eigenvalue weighted by molar-refractivity contribution is -0.144. The first-order chi connectivity index (χ1) is 7.76. The summed E-state index contributed by atoms with van der Waals surface area (Å²) in [7, 11) is 0. The second kappa shape index (κ2) is 4.69. The molecule has 2 heteroatoms. The summed E-state index contributed by atoms with van der Waals surface area (Å²) in [6.07, 6.45) is 5.96. The molecule has 0 bridgehead atoms. The molecule has 2 nitrogen and oxygen atoms in total. The molecule has 1 aromatic rings. The summed E-state index contributed by atoms with van der Waals surface area (Å²) in [4.78, 5) is 11.6. The Morgan fingerprint density at radius 2 is 1.56 bits per heavy atom. The Morgan fingerprint density at radius 3 is 2.06 bits per heavy atom. The van der Waals surface area contributed by atoms with Crippen LogP contribution in [-0.2, 0) is 10.2 Å². The van der Waals surface area contributed by atoms with Crippen molar-refractivity contribution in [3.63, 3.8) is 0 Å². The molecule has 0 radical (unpaired) electrons. The minimum absolute atomic E-state index is 0.627. The van der Waals surface area contributed by atoms with Gasteiger partial charge in [0.15, 0.2) is 0 Å². The van der Waals surface area contributed by atoms with Crippen LogP contribution >= 0.6 is 0 Å². The maximum atomic E-state index is 11.6. The average molecular weight is 218 g/mol. The third-order valence-electron chi connectivity index (χ3n) is 3.69. The molecule has 0 heterocycles. The SMILES string of the molecule is O=C(O)C1(c2ccccc2)CCCCCC1. The van der Waals surface area contributed by atoms with Gasteiger partial charge in [-0.1, -0.05) is 56.0 Å². The molecular weight excluding hydrogens is 200 g/mol. The summed E-state index contributed by atoms with van der Waals surface area (Å²) in [5.74, 6) is -0.652. The Kier molecular flexibility index (Phi) is 3.28. The van der Waals surface area contributed by atoms with E-state index in [1.54, 1.807) is 0 Å². The van der Waals surface area contributed by atoms with E-state index >= 15 is 0 Å². The molecule has 0 aliphatic heterocycles. The highest BCUT2D eigenvalue weighted by Gasteiger charge is 2.39. The molecule has 2 rings (SSSR count). The number of benzene rings is 1. The topological polar surface area (TPSA) is 37.3 Å². The molecule has 1 aliphatic rings. The lowest BCUT2D eigenvalue weighted by Gasteiger charge is -2.28. The van der Waals surface area contributed by atoms with Gasteiger partial charge in [-0.25, -0.2) is 0 Å². The van der Waals surface area contributed by atoms with Crippen LogP contribution in [0.2, 0.25) is 0 Å². The summed E-state index contributed by atoms with van der Waals surface area (Å²) in [6.45, 7) is 0. The first kappa shape index (κ1) is 11.2. The lowest BCUT2D eigenvalue weighted by Crippen LogP contribution is -2.35. The smallest absolute Gasteiger partial charge is 0.314 e. The second-order valence-electron chi connectivity index (χ2n) is 4.67. The zero-order valence-corrected chi connectivity index (χ0v) is 9.48. The fourth-order valence-electron chi connectivity index (χ4n) is 2.72. The lowest BCUT2D eigenvalue weighted by atomic mass is 9.74. The molecule has 16 heavy (non-hydrogen) atoms. The van der Waals surface area contributed by atoms with Crippen LogP contribution in [0.4, 0.5) is 0 Å². The summed E-state index contributed by atoms with van der Waals surface area (Å²) in [6, 6.07) is 9.73. The third kappa shape index (κ3) is 1.97. The molecular formula is C14H18O2. The number of hydrogen-bond acceptors (Lipinski definition) is 1. The van der Waals surface area contributed by atoms with Crippen LogP contribution in [0.5, 0.6) is 0 Å². The molecule has 86 valence electrons. The van der Waals surface area contributed by atoms with Crippen molar-refractivity contribution in [2.24, 2.45) is 0 Å². The van der Waals surface area contributed by atoms with Gasteiger partial charge in [-0.3, -0.25) is 4.79 Å². The first-order valence-corrected chi connectivity index (χ1v) is 6.05.